The topological polar surface area (TPSA) is 52.0 Å². The Labute approximate surface area is 120 Å². The Morgan fingerprint density at radius 3 is 2.95 bits per heavy atom. The molecule has 0 aliphatic carbocycles. The highest BCUT2D eigenvalue weighted by molar-refractivity contribution is 5.78. The van der Waals surface area contributed by atoms with Crippen molar-refractivity contribution in [2.45, 2.75) is 32.7 Å². The van der Waals surface area contributed by atoms with Crippen molar-refractivity contribution in [1.29, 1.82) is 0 Å². The average molecular weight is 276 g/mol. The first kappa shape index (κ1) is 14.9. The summed E-state index contributed by atoms with van der Waals surface area (Å²) < 4.78 is 6.87. The van der Waals surface area contributed by atoms with Gasteiger partial charge in [-0.1, -0.05) is 0 Å². The van der Waals surface area contributed by atoms with Gasteiger partial charge in [-0.05, 0) is 44.4 Å². The number of hydrogen-bond donors (Lipinski definition) is 1. The predicted octanol–water partition coefficient (Wildman–Crippen LogP) is 2.18. The molecule has 2 aromatic rings. The zero-order chi connectivity index (χ0) is 14.4. The first-order valence-corrected chi connectivity index (χ1v) is 7.20. The monoisotopic (exact) mass is 276 g/mol. The Bertz CT molecular complexity index is 550. The standard InChI is InChI=1S/C15H24N4O/c1-12-14-9-13(11-17-15(14)19(2)18-12)10-16-7-5-4-6-8-20-3/h9,11,16H,4-8,10H2,1-3H3. The number of hydrogen-bond acceptors (Lipinski definition) is 4. The van der Waals surface area contributed by atoms with Crippen LogP contribution in [-0.4, -0.2) is 35.0 Å². The predicted molar refractivity (Wildman–Crippen MR) is 80.7 cm³/mol. The van der Waals surface area contributed by atoms with Crippen molar-refractivity contribution >= 4 is 11.0 Å². The number of ether oxygens (including phenoxy) is 1. The van der Waals surface area contributed by atoms with Gasteiger partial charge in [-0.25, -0.2) is 4.98 Å². The van der Waals surface area contributed by atoms with Crippen LogP contribution in [0.1, 0.15) is 30.5 Å². The van der Waals surface area contributed by atoms with E-state index in [1.54, 1.807) is 7.11 Å². The van der Waals surface area contributed by atoms with Gasteiger partial charge in [0.15, 0.2) is 5.65 Å². The molecule has 5 nitrogen and oxygen atoms in total. The van der Waals surface area contributed by atoms with Crippen LogP contribution in [0.25, 0.3) is 11.0 Å². The molecule has 0 atom stereocenters. The lowest BCUT2D eigenvalue weighted by Gasteiger charge is -2.05. The van der Waals surface area contributed by atoms with Crippen molar-refractivity contribution in [3.05, 3.63) is 23.5 Å². The quantitative estimate of drug-likeness (QED) is 0.751. The van der Waals surface area contributed by atoms with Crippen LogP contribution in [0.15, 0.2) is 12.3 Å². The van der Waals surface area contributed by atoms with Gasteiger partial charge >= 0.3 is 0 Å². The molecule has 0 unspecified atom stereocenters. The van der Waals surface area contributed by atoms with Gasteiger partial charge in [-0.2, -0.15) is 5.10 Å². The summed E-state index contributed by atoms with van der Waals surface area (Å²) in [6.07, 6.45) is 5.47. The van der Waals surface area contributed by atoms with Crippen molar-refractivity contribution in [3.63, 3.8) is 0 Å². The van der Waals surface area contributed by atoms with Crippen LogP contribution in [-0.2, 0) is 18.3 Å². The summed E-state index contributed by atoms with van der Waals surface area (Å²) in [7, 11) is 3.68. The summed E-state index contributed by atoms with van der Waals surface area (Å²) in [5, 5.41) is 9.00. The van der Waals surface area contributed by atoms with Crippen LogP contribution in [0.3, 0.4) is 0 Å². The first-order valence-electron chi connectivity index (χ1n) is 7.20. The molecular weight excluding hydrogens is 252 g/mol. The van der Waals surface area contributed by atoms with E-state index in [9.17, 15) is 0 Å². The molecule has 0 spiro atoms. The van der Waals surface area contributed by atoms with Crippen molar-refractivity contribution in [2.24, 2.45) is 7.05 Å². The summed E-state index contributed by atoms with van der Waals surface area (Å²) in [6.45, 7) is 4.78. The molecule has 5 heteroatoms. The Morgan fingerprint density at radius 2 is 2.15 bits per heavy atom. The van der Waals surface area contributed by atoms with Gasteiger partial charge in [0.2, 0.25) is 0 Å². The number of aryl methyl sites for hydroxylation is 2. The number of pyridine rings is 1. The summed E-state index contributed by atoms with van der Waals surface area (Å²) >= 11 is 0. The maximum atomic E-state index is 5.04. The molecule has 0 bridgehead atoms. The second kappa shape index (κ2) is 7.36. The van der Waals surface area contributed by atoms with E-state index in [4.69, 9.17) is 4.74 Å². The molecule has 0 saturated carbocycles. The summed E-state index contributed by atoms with van der Waals surface area (Å²) in [5.41, 5.74) is 3.20. The maximum Gasteiger partial charge on any atom is 0.157 e. The highest BCUT2D eigenvalue weighted by atomic mass is 16.5. The molecule has 0 radical (unpaired) electrons. The lowest BCUT2D eigenvalue weighted by Crippen LogP contribution is -2.15. The maximum absolute atomic E-state index is 5.04. The van der Waals surface area contributed by atoms with Crippen molar-refractivity contribution < 1.29 is 4.74 Å². The van der Waals surface area contributed by atoms with E-state index in [1.807, 2.05) is 24.9 Å². The fraction of sp³-hybridized carbons (Fsp3) is 0.600. The van der Waals surface area contributed by atoms with E-state index in [0.29, 0.717) is 0 Å². The third kappa shape index (κ3) is 3.77. The first-order chi connectivity index (χ1) is 9.72. The molecule has 20 heavy (non-hydrogen) atoms. The molecule has 2 aromatic heterocycles. The van der Waals surface area contributed by atoms with Gasteiger partial charge in [0.25, 0.3) is 0 Å². The van der Waals surface area contributed by atoms with Crippen LogP contribution in [0, 0.1) is 6.92 Å². The summed E-state index contributed by atoms with van der Waals surface area (Å²) in [6, 6.07) is 2.18. The number of methoxy groups -OCH3 is 1. The third-order valence-corrected chi connectivity index (χ3v) is 3.45. The molecule has 0 saturated heterocycles. The minimum absolute atomic E-state index is 0.862. The van der Waals surface area contributed by atoms with Gasteiger partial charge in [0, 0.05) is 38.9 Å². The lowest BCUT2D eigenvalue weighted by atomic mass is 10.2. The van der Waals surface area contributed by atoms with E-state index in [0.717, 1.165) is 42.8 Å². The molecule has 2 rings (SSSR count). The van der Waals surface area contributed by atoms with Gasteiger partial charge in [-0.3, -0.25) is 4.68 Å². The van der Waals surface area contributed by atoms with E-state index in [1.165, 1.54) is 18.4 Å². The normalized spacial score (nSPS) is 11.3. The van der Waals surface area contributed by atoms with E-state index in [2.05, 4.69) is 21.5 Å². The second-order valence-electron chi connectivity index (χ2n) is 5.15. The van der Waals surface area contributed by atoms with Crippen LogP contribution in [0.4, 0.5) is 0 Å². The Hall–Kier alpha value is -1.46. The number of unbranched alkanes of at least 4 members (excludes halogenated alkanes) is 2. The zero-order valence-electron chi connectivity index (χ0n) is 12.6. The number of nitrogens with zero attached hydrogens (tertiary/aromatic N) is 3. The van der Waals surface area contributed by atoms with Gasteiger partial charge in [-0.15, -0.1) is 0 Å². The molecule has 0 amide bonds. The summed E-state index contributed by atoms with van der Waals surface area (Å²) in [5.74, 6) is 0. The van der Waals surface area contributed by atoms with E-state index < -0.39 is 0 Å². The third-order valence-electron chi connectivity index (χ3n) is 3.45. The molecule has 110 valence electrons. The highest BCUT2D eigenvalue weighted by Crippen LogP contribution is 2.16. The number of aromatic nitrogens is 3. The summed E-state index contributed by atoms with van der Waals surface area (Å²) in [4.78, 5) is 4.48. The second-order valence-corrected chi connectivity index (χ2v) is 5.15. The van der Waals surface area contributed by atoms with E-state index >= 15 is 0 Å². The van der Waals surface area contributed by atoms with Crippen LogP contribution in [0.2, 0.25) is 0 Å². The molecule has 0 aliphatic heterocycles. The number of fused-ring (bicyclic) bond motifs is 1. The zero-order valence-corrected chi connectivity index (χ0v) is 12.6. The molecule has 0 aliphatic rings. The van der Waals surface area contributed by atoms with Gasteiger partial charge in [0.1, 0.15) is 0 Å². The van der Waals surface area contributed by atoms with Crippen LogP contribution >= 0.6 is 0 Å². The van der Waals surface area contributed by atoms with Crippen LogP contribution in [0.5, 0.6) is 0 Å². The molecule has 1 N–H and O–H groups in total. The Balaban J connectivity index is 1.80. The fourth-order valence-electron chi connectivity index (χ4n) is 2.35. The number of nitrogens with one attached hydrogen (secondary N) is 1. The van der Waals surface area contributed by atoms with Gasteiger partial charge in [0.05, 0.1) is 5.69 Å². The fourth-order valence-corrected chi connectivity index (χ4v) is 2.35. The van der Waals surface area contributed by atoms with Crippen molar-refractivity contribution in [1.82, 2.24) is 20.1 Å². The van der Waals surface area contributed by atoms with Gasteiger partial charge < -0.3 is 10.1 Å². The minimum Gasteiger partial charge on any atom is -0.385 e. The highest BCUT2D eigenvalue weighted by Gasteiger charge is 2.06. The molecule has 2 heterocycles. The minimum atomic E-state index is 0.862. The molecule has 0 aromatic carbocycles. The molecule has 0 fully saturated rings. The Kier molecular flexibility index (Phi) is 5.49. The molecular formula is C15H24N4O. The van der Waals surface area contributed by atoms with E-state index in [-0.39, 0.29) is 0 Å². The largest absolute Gasteiger partial charge is 0.385 e. The SMILES string of the molecule is COCCCCCNCc1cnc2c(c1)c(C)nn2C. The number of rotatable bonds is 8. The van der Waals surface area contributed by atoms with Crippen molar-refractivity contribution in [3.8, 4) is 0 Å². The Morgan fingerprint density at radius 1 is 1.30 bits per heavy atom. The lowest BCUT2D eigenvalue weighted by molar-refractivity contribution is 0.192. The van der Waals surface area contributed by atoms with Crippen molar-refractivity contribution in [2.75, 3.05) is 20.3 Å². The average Bonchev–Trinajstić information content (AvgIpc) is 2.73. The smallest absolute Gasteiger partial charge is 0.157 e. The van der Waals surface area contributed by atoms with Crippen LogP contribution < -0.4 is 5.32 Å².